The highest BCUT2D eigenvalue weighted by molar-refractivity contribution is 7.16. The number of nitrogens with one attached hydrogen (secondary N) is 2. The van der Waals surface area contributed by atoms with E-state index >= 15 is 0 Å². The first-order valence-corrected chi connectivity index (χ1v) is 13.1. The van der Waals surface area contributed by atoms with Crippen molar-refractivity contribution < 1.29 is 18.0 Å². The molecule has 4 heterocycles. The normalized spacial score (nSPS) is 16.3. The smallest absolute Gasteiger partial charge is 0.355 e. The summed E-state index contributed by atoms with van der Waals surface area (Å²) in [5.74, 6) is 0.513. The molecule has 7 nitrogen and oxygen atoms in total. The Bertz CT molecular complexity index is 1610. The summed E-state index contributed by atoms with van der Waals surface area (Å²) < 4.78 is 40.0. The topological polar surface area (TPSA) is 86.8 Å². The van der Waals surface area contributed by atoms with Crippen LogP contribution in [0.3, 0.4) is 0 Å². The highest BCUT2D eigenvalue weighted by Crippen LogP contribution is 2.34. The van der Waals surface area contributed by atoms with Crippen LogP contribution in [0.25, 0.3) is 32.5 Å². The van der Waals surface area contributed by atoms with Crippen molar-refractivity contribution in [2.45, 2.75) is 25.6 Å². The quantitative estimate of drug-likeness (QED) is 0.297. The van der Waals surface area contributed by atoms with Gasteiger partial charge in [-0.1, -0.05) is 18.2 Å². The number of hydrogen-bond acceptors (Lipinski definition) is 6. The molecule has 11 heteroatoms. The van der Waals surface area contributed by atoms with Crippen LogP contribution in [0.2, 0.25) is 0 Å². The molecule has 1 fully saturated rings. The first kappa shape index (κ1) is 24.4. The maximum Gasteiger partial charge on any atom is 0.416 e. The molecular weight excluding hydrogens is 513 g/mol. The van der Waals surface area contributed by atoms with Crippen molar-refractivity contribution in [2.75, 3.05) is 18.0 Å². The number of anilines is 1. The van der Waals surface area contributed by atoms with Gasteiger partial charge >= 0.3 is 6.18 Å². The maximum atomic E-state index is 13.0. The number of rotatable bonds is 5. The molecular formula is C27H23F3N6OS. The van der Waals surface area contributed by atoms with Gasteiger partial charge in [-0.25, -0.2) is 15.0 Å². The fourth-order valence-electron chi connectivity index (χ4n) is 4.90. The second kappa shape index (κ2) is 9.71. The Kier molecular flexibility index (Phi) is 6.22. The lowest BCUT2D eigenvalue weighted by atomic mass is 9.96. The van der Waals surface area contributed by atoms with Crippen LogP contribution in [0.4, 0.5) is 19.0 Å². The van der Waals surface area contributed by atoms with Crippen molar-refractivity contribution in [3.8, 4) is 11.3 Å². The van der Waals surface area contributed by atoms with Crippen LogP contribution < -0.4 is 10.2 Å². The summed E-state index contributed by atoms with van der Waals surface area (Å²) in [4.78, 5) is 31.5. The van der Waals surface area contributed by atoms with Crippen molar-refractivity contribution in [3.63, 3.8) is 0 Å². The van der Waals surface area contributed by atoms with Crippen LogP contribution in [-0.4, -0.2) is 38.9 Å². The lowest BCUT2D eigenvalue weighted by molar-refractivity contribution is -0.137. The number of amides is 1. The zero-order valence-corrected chi connectivity index (χ0v) is 20.9. The Hall–Kier alpha value is -3.99. The number of H-pyrrole nitrogens is 1. The highest BCUT2D eigenvalue weighted by atomic mass is 32.1. The third-order valence-corrected chi connectivity index (χ3v) is 7.69. The number of hydrogen-bond donors (Lipinski definition) is 2. The molecule has 0 radical (unpaired) electrons. The summed E-state index contributed by atoms with van der Waals surface area (Å²) in [6.07, 6.45) is -1.30. The van der Waals surface area contributed by atoms with Gasteiger partial charge in [0.25, 0.3) is 0 Å². The summed E-state index contributed by atoms with van der Waals surface area (Å²) in [5, 5.41) is 3.83. The molecule has 1 aliphatic heterocycles. The number of alkyl halides is 3. The summed E-state index contributed by atoms with van der Waals surface area (Å²) >= 11 is 1.59. The average molecular weight is 537 g/mol. The molecule has 1 atom stereocenters. The van der Waals surface area contributed by atoms with E-state index in [0.29, 0.717) is 35.8 Å². The molecule has 0 unspecified atom stereocenters. The number of halogens is 3. The Morgan fingerprint density at radius 3 is 2.76 bits per heavy atom. The molecule has 38 heavy (non-hydrogen) atoms. The van der Waals surface area contributed by atoms with Gasteiger partial charge in [0.15, 0.2) is 0 Å². The number of aromatic amines is 1. The van der Waals surface area contributed by atoms with Crippen molar-refractivity contribution in [2.24, 2.45) is 5.92 Å². The Morgan fingerprint density at radius 2 is 1.95 bits per heavy atom. The first-order chi connectivity index (χ1) is 18.3. The Morgan fingerprint density at radius 1 is 1.11 bits per heavy atom. The van der Waals surface area contributed by atoms with Crippen LogP contribution in [-0.2, 0) is 17.5 Å². The van der Waals surface area contributed by atoms with Crippen LogP contribution >= 0.6 is 11.3 Å². The second-order valence-corrected chi connectivity index (χ2v) is 10.3. The number of fused-ring (bicyclic) bond motifs is 2. The minimum Gasteiger partial charge on any atom is -0.355 e. The molecule has 194 valence electrons. The van der Waals surface area contributed by atoms with Crippen LogP contribution in [0.15, 0.2) is 60.4 Å². The SMILES string of the molecule is O=C(NCc1ccc2scnc2c1)[C@H]1CCCN(c2ncnc3[nH]c(-c4ccc(C(F)(F)F)cc4)cc23)C1. The van der Waals surface area contributed by atoms with Gasteiger partial charge in [0, 0.05) is 25.3 Å². The van der Waals surface area contributed by atoms with Crippen LogP contribution in [0.5, 0.6) is 0 Å². The number of carbonyl (C=O) groups is 1. The highest BCUT2D eigenvalue weighted by Gasteiger charge is 2.30. The largest absolute Gasteiger partial charge is 0.416 e. The van der Waals surface area contributed by atoms with E-state index < -0.39 is 11.7 Å². The van der Waals surface area contributed by atoms with Gasteiger partial charge in [-0.2, -0.15) is 13.2 Å². The first-order valence-electron chi connectivity index (χ1n) is 12.2. The van der Waals surface area contributed by atoms with Gasteiger partial charge in [-0.15, -0.1) is 11.3 Å². The minimum atomic E-state index is -4.39. The van der Waals surface area contributed by atoms with Gasteiger partial charge in [-0.3, -0.25) is 4.79 Å². The van der Waals surface area contributed by atoms with Gasteiger partial charge in [0.05, 0.1) is 32.6 Å². The van der Waals surface area contributed by atoms with E-state index in [9.17, 15) is 18.0 Å². The van der Waals surface area contributed by atoms with E-state index in [0.717, 1.165) is 52.7 Å². The van der Waals surface area contributed by atoms with Crippen LogP contribution in [0, 0.1) is 5.92 Å². The summed E-state index contributed by atoms with van der Waals surface area (Å²) in [6, 6.07) is 12.9. The molecule has 6 rings (SSSR count). The van der Waals surface area contributed by atoms with E-state index in [1.54, 1.807) is 11.3 Å². The van der Waals surface area contributed by atoms with Crippen molar-refractivity contribution >= 4 is 44.3 Å². The zero-order chi connectivity index (χ0) is 26.3. The molecule has 2 N–H and O–H groups in total. The van der Waals surface area contributed by atoms with E-state index in [2.05, 4.69) is 30.2 Å². The molecule has 0 aliphatic carbocycles. The van der Waals surface area contributed by atoms with E-state index in [-0.39, 0.29) is 11.8 Å². The number of piperidine rings is 1. The Labute approximate surface area is 219 Å². The number of benzene rings is 2. The fraction of sp³-hybridized carbons (Fsp3) is 0.259. The van der Waals surface area contributed by atoms with E-state index in [4.69, 9.17) is 0 Å². The van der Waals surface area contributed by atoms with Crippen LogP contribution in [0.1, 0.15) is 24.0 Å². The lowest BCUT2D eigenvalue weighted by Gasteiger charge is -2.33. The van der Waals surface area contributed by atoms with Crippen molar-refractivity contribution in [1.82, 2.24) is 25.3 Å². The molecule has 0 saturated carbocycles. The monoisotopic (exact) mass is 536 g/mol. The zero-order valence-electron chi connectivity index (χ0n) is 20.1. The molecule has 5 aromatic rings. The molecule has 1 saturated heterocycles. The van der Waals surface area contributed by atoms with Gasteiger partial charge < -0.3 is 15.2 Å². The van der Waals surface area contributed by atoms with Crippen molar-refractivity contribution in [3.05, 3.63) is 71.5 Å². The number of thiazole rings is 1. The lowest BCUT2D eigenvalue weighted by Crippen LogP contribution is -2.43. The Balaban J connectivity index is 1.17. The third-order valence-electron chi connectivity index (χ3n) is 6.88. The van der Waals surface area contributed by atoms with Gasteiger partial charge in [0.1, 0.15) is 17.8 Å². The molecule has 2 aromatic carbocycles. The maximum absolute atomic E-state index is 13.0. The summed E-state index contributed by atoms with van der Waals surface area (Å²) in [6.45, 7) is 1.70. The standard InChI is InChI=1S/C27H23F3N6OS/c28-27(29,30)19-6-4-17(5-7-19)21-11-20-24(35-21)32-14-33-25(20)36-9-1-2-18(13-36)26(37)31-12-16-3-8-23-22(10-16)34-15-38-23/h3-8,10-11,14-15,18H,1-2,9,12-13H2,(H,31,37)(H,32,33,35)/t18-/m0/s1. The fourth-order valence-corrected chi connectivity index (χ4v) is 5.56. The predicted molar refractivity (Wildman–Crippen MR) is 141 cm³/mol. The second-order valence-electron chi connectivity index (χ2n) is 9.38. The summed E-state index contributed by atoms with van der Waals surface area (Å²) in [7, 11) is 0. The number of carbonyl (C=O) groups excluding carboxylic acids is 1. The number of nitrogens with zero attached hydrogens (tertiary/aromatic N) is 4. The molecule has 1 amide bonds. The minimum absolute atomic E-state index is 0.00196. The molecule has 0 spiro atoms. The van der Waals surface area contributed by atoms with Gasteiger partial charge in [-0.05, 0) is 54.3 Å². The molecule has 1 aliphatic rings. The van der Waals surface area contributed by atoms with E-state index in [1.807, 2.05) is 29.8 Å². The van der Waals surface area contributed by atoms with Crippen molar-refractivity contribution in [1.29, 1.82) is 0 Å². The van der Waals surface area contributed by atoms with E-state index in [1.165, 1.54) is 18.5 Å². The average Bonchev–Trinajstić information content (AvgIpc) is 3.58. The number of aromatic nitrogens is 4. The molecule has 0 bridgehead atoms. The van der Waals surface area contributed by atoms with Gasteiger partial charge in [0.2, 0.25) is 5.91 Å². The molecule has 3 aromatic heterocycles. The summed E-state index contributed by atoms with van der Waals surface area (Å²) in [5.41, 5.74) is 4.91. The predicted octanol–water partition coefficient (Wildman–Crippen LogP) is 5.79. The third kappa shape index (κ3) is 4.81.